The quantitative estimate of drug-likeness (QED) is 0.634. The lowest BCUT2D eigenvalue weighted by Crippen LogP contribution is -1.81. The minimum atomic E-state index is 0.661. The molecule has 0 N–H and O–H groups in total. The monoisotopic (exact) mass is 218 g/mol. The van der Waals surface area contributed by atoms with E-state index in [2.05, 4.69) is 11.3 Å². The van der Waals surface area contributed by atoms with Crippen LogP contribution in [0.5, 0.6) is 0 Å². The second-order valence-corrected chi connectivity index (χ2v) is 3.98. The maximum Gasteiger partial charge on any atom is 0.0641 e. The summed E-state index contributed by atoms with van der Waals surface area (Å²) in [7, 11) is 0. The van der Waals surface area contributed by atoms with Gasteiger partial charge in [-0.2, -0.15) is 11.3 Å². The molecule has 0 saturated carbocycles. The number of hydrogen-bond donors (Lipinski definition) is 0. The summed E-state index contributed by atoms with van der Waals surface area (Å²) in [6.07, 6.45) is 5.34. The first-order chi connectivity index (χ1) is 6.83. The van der Waals surface area contributed by atoms with Crippen molar-refractivity contribution in [3.05, 3.63) is 45.6 Å². The van der Waals surface area contributed by atoms with Crippen LogP contribution in [-0.4, -0.2) is 0 Å². The van der Waals surface area contributed by atoms with Crippen molar-refractivity contribution in [2.45, 2.75) is 0 Å². The Balaban J connectivity index is 2.61. The predicted molar refractivity (Wildman–Crippen MR) is 62.7 cm³/mol. The average Bonchev–Trinajstić information content (AvgIpc) is 2.71. The normalized spacial score (nSPS) is 9.71. The van der Waals surface area contributed by atoms with Crippen LogP contribution in [0.1, 0.15) is 5.56 Å². The summed E-state index contributed by atoms with van der Waals surface area (Å²) < 4.78 is 0. The Morgan fingerprint density at radius 3 is 2.79 bits per heavy atom. The van der Waals surface area contributed by atoms with Crippen LogP contribution in [0, 0.1) is 12.3 Å². The molecule has 0 saturated heterocycles. The van der Waals surface area contributed by atoms with Crippen molar-refractivity contribution in [2.24, 2.45) is 0 Å². The Bertz CT molecular complexity index is 478. The van der Waals surface area contributed by atoms with E-state index in [0.29, 0.717) is 5.02 Å². The van der Waals surface area contributed by atoms with Gasteiger partial charge in [-0.15, -0.1) is 6.42 Å². The SMILES string of the molecule is C#Cc1cccc(-c2ccsc2)c1Cl. The zero-order valence-electron chi connectivity index (χ0n) is 7.33. The van der Waals surface area contributed by atoms with Crippen molar-refractivity contribution >= 4 is 22.9 Å². The van der Waals surface area contributed by atoms with Gasteiger partial charge >= 0.3 is 0 Å². The molecule has 1 aromatic carbocycles. The minimum Gasteiger partial charge on any atom is -0.152 e. The van der Waals surface area contributed by atoms with Gasteiger partial charge in [0.2, 0.25) is 0 Å². The molecule has 0 atom stereocenters. The fourth-order valence-corrected chi connectivity index (χ4v) is 2.23. The molecule has 2 rings (SSSR count). The van der Waals surface area contributed by atoms with Gasteiger partial charge in [-0.3, -0.25) is 0 Å². The first-order valence-electron chi connectivity index (χ1n) is 4.10. The molecule has 1 aromatic heterocycles. The molecule has 2 aromatic rings. The van der Waals surface area contributed by atoms with Crippen molar-refractivity contribution in [3.8, 4) is 23.5 Å². The lowest BCUT2D eigenvalue weighted by atomic mass is 10.1. The summed E-state index contributed by atoms with van der Waals surface area (Å²) in [6, 6.07) is 7.78. The smallest absolute Gasteiger partial charge is 0.0641 e. The van der Waals surface area contributed by atoms with E-state index < -0.39 is 0 Å². The minimum absolute atomic E-state index is 0.661. The first-order valence-corrected chi connectivity index (χ1v) is 5.42. The number of halogens is 1. The van der Waals surface area contributed by atoms with E-state index in [4.69, 9.17) is 18.0 Å². The van der Waals surface area contributed by atoms with Crippen LogP contribution in [-0.2, 0) is 0 Å². The molecule has 2 heteroatoms. The Kier molecular flexibility index (Phi) is 2.58. The lowest BCUT2D eigenvalue weighted by Gasteiger charge is -2.03. The fraction of sp³-hybridized carbons (Fsp3) is 0. The van der Waals surface area contributed by atoms with Gasteiger partial charge in [0.15, 0.2) is 0 Å². The molecule has 0 radical (unpaired) electrons. The van der Waals surface area contributed by atoms with E-state index in [1.165, 1.54) is 0 Å². The van der Waals surface area contributed by atoms with E-state index in [1.807, 2.05) is 29.6 Å². The number of hydrogen-bond acceptors (Lipinski definition) is 1. The fourth-order valence-electron chi connectivity index (χ4n) is 1.28. The van der Waals surface area contributed by atoms with Crippen LogP contribution in [0.2, 0.25) is 5.02 Å². The molecule has 0 fully saturated rings. The van der Waals surface area contributed by atoms with Crippen LogP contribution in [0.4, 0.5) is 0 Å². The van der Waals surface area contributed by atoms with Crippen molar-refractivity contribution in [3.63, 3.8) is 0 Å². The van der Waals surface area contributed by atoms with Gasteiger partial charge in [-0.25, -0.2) is 0 Å². The molecule has 0 aliphatic heterocycles. The number of thiophene rings is 1. The zero-order chi connectivity index (χ0) is 9.97. The van der Waals surface area contributed by atoms with Crippen molar-refractivity contribution in [2.75, 3.05) is 0 Å². The highest BCUT2D eigenvalue weighted by Gasteiger charge is 2.06. The molecule has 0 nitrogen and oxygen atoms in total. The van der Waals surface area contributed by atoms with E-state index in [1.54, 1.807) is 11.3 Å². The Hall–Kier alpha value is -1.23. The van der Waals surface area contributed by atoms with Crippen LogP contribution in [0.15, 0.2) is 35.0 Å². The molecule has 0 unspecified atom stereocenters. The third kappa shape index (κ3) is 1.55. The maximum absolute atomic E-state index is 6.16. The summed E-state index contributed by atoms with van der Waals surface area (Å²) in [5, 5.41) is 4.74. The second kappa shape index (κ2) is 3.88. The maximum atomic E-state index is 6.16. The van der Waals surface area contributed by atoms with Gasteiger partial charge in [-0.1, -0.05) is 29.7 Å². The zero-order valence-corrected chi connectivity index (χ0v) is 8.90. The van der Waals surface area contributed by atoms with Gasteiger partial charge < -0.3 is 0 Å². The second-order valence-electron chi connectivity index (χ2n) is 2.82. The number of rotatable bonds is 1. The van der Waals surface area contributed by atoms with Crippen LogP contribution in [0.25, 0.3) is 11.1 Å². The molecule has 0 bridgehead atoms. The highest BCUT2D eigenvalue weighted by atomic mass is 35.5. The Morgan fingerprint density at radius 1 is 1.29 bits per heavy atom. The van der Waals surface area contributed by atoms with Crippen LogP contribution in [0.3, 0.4) is 0 Å². The van der Waals surface area contributed by atoms with Gasteiger partial charge in [0.1, 0.15) is 0 Å². The summed E-state index contributed by atoms with van der Waals surface area (Å²) in [4.78, 5) is 0. The van der Waals surface area contributed by atoms with Crippen molar-refractivity contribution < 1.29 is 0 Å². The number of benzene rings is 1. The van der Waals surface area contributed by atoms with E-state index >= 15 is 0 Å². The first kappa shape index (κ1) is 9.33. The van der Waals surface area contributed by atoms with Gasteiger partial charge in [0, 0.05) is 11.1 Å². The van der Waals surface area contributed by atoms with E-state index in [9.17, 15) is 0 Å². The Morgan fingerprint density at radius 2 is 2.14 bits per heavy atom. The lowest BCUT2D eigenvalue weighted by molar-refractivity contribution is 1.63. The Labute approximate surface area is 92.2 Å². The highest BCUT2D eigenvalue weighted by molar-refractivity contribution is 7.08. The van der Waals surface area contributed by atoms with Gasteiger partial charge in [0.05, 0.1) is 5.02 Å². The number of terminal acetylenes is 1. The summed E-state index contributed by atoms with van der Waals surface area (Å²) in [5.41, 5.74) is 2.87. The van der Waals surface area contributed by atoms with Crippen LogP contribution >= 0.6 is 22.9 Å². The summed E-state index contributed by atoms with van der Waals surface area (Å²) in [5.74, 6) is 2.57. The van der Waals surface area contributed by atoms with Gasteiger partial charge in [0.25, 0.3) is 0 Å². The molecule has 0 amide bonds. The highest BCUT2D eigenvalue weighted by Crippen LogP contribution is 2.31. The molecule has 1 heterocycles. The molecule has 0 spiro atoms. The molecule has 68 valence electrons. The summed E-state index contributed by atoms with van der Waals surface area (Å²) in [6.45, 7) is 0. The van der Waals surface area contributed by atoms with Crippen LogP contribution < -0.4 is 0 Å². The standard InChI is InChI=1S/C12H7ClS/c1-2-9-4-3-5-11(12(9)13)10-6-7-14-8-10/h1,3-8H. The van der Waals surface area contributed by atoms with Crippen molar-refractivity contribution in [1.29, 1.82) is 0 Å². The topological polar surface area (TPSA) is 0 Å². The summed E-state index contributed by atoms with van der Waals surface area (Å²) >= 11 is 7.81. The molecule has 0 aliphatic rings. The average molecular weight is 219 g/mol. The molecular formula is C12H7ClS. The third-order valence-corrected chi connectivity index (χ3v) is 3.08. The molecular weight excluding hydrogens is 212 g/mol. The predicted octanol–water partition coefficient (Wildman–Crippen LogP) is 4.05. The van der Waals surface area contributed by atoms with E-state index in [-0.39, 0.29) is 0 Å². The van der Waals surface area contributed by atoms with Crippen molar-refractivity contribution in [1.82, 2.24) is 0 Å². The molecule has 14 heavy (non-hydrogen) atoms. The molecule has 0 aliphatic carbocycles. The largest absolute Gasteiger partial charge is 0.152 e. The van der Waals surface area contributed by atoms with Gasteiger partial charge in [-0.05, 0) is 28.5 Å². The third-order valence-electron chi connectivity index (χ3n) is 1.99. The van der Waals surface area contributed by atoms with E-state index in [0.717, 1.165) is 16.7 Å².